The molecule has 0 aliphatic heterocycles. The summed E-state index contributed by atoms with van der Waals surface area (Å²) in [4.78, 5) is 23.6. The highest BCUT2D eigenvalue weighted by Crippen LogP contribution is 2.48. The number of anilines is 1. The summed E-state index contributed by atoms with van der Waals surface area (Å²) in [6.45, 7) is 10.3. The number of fused-ring (bicyclic) bond motifs is 1. The summed E-state index contributed by atoms with van der Waals surface area (Å²) in [5, 5.41) is 3.74. The third-order valence-corrected chi connectivity index (χ3v) is 5.79. The minimum atomic E-state index is -2.58. The zero-order valence-corrected chi connectivity index (χ0v) is 20.0. The zero-order chi connectivity index (χ0) is 24.3. The Morgan fingerprint density at radius 1 is 1.36 bits per heavy atom. The Kier molecular flexibility index (Phi) is 7.30. The van der Waals surface area contributed by atoms with Crippen molar-refractivity contribution in [3.63, 3.8) is 0 Å². The molecule has 1 amide bonds. The van der Waals surface area contributed by atoms with Gasteiger partial charge >= 0.3 is 0 Å². The molecule has 1 N–H and O–H groups in total. The van der Waals surface area contributed by atoms with Gasteiger partial charge in [-0.1, -0.05) is 37.6 Å². The zero-order valence-electron chi connectivity index (χ0n) is 20.0. The summed E-state index contributed by atoms with van der Waals surface area (Å²) in [6.07, 6.45) is 7.49. The molecule has 3 rings (SSSR count). The minimum Gasteiger partial charge on any atom is -0.370 e. The molecule has 0 radical (unpaired) electrons. The van der Waals surface area contributed by atoms with Crippen molar-refractivity contribution in [2.45, 2.75) is 46.0 Å². The molecule has 2 aromatic heterocycles. The van der Waals surface area contributed by atoms with Gasteiger partial charge in [0.25, 0.3) is 11.8 Å². The van der Waals surface area contributed by atoms with Crippen LogP contribution in [0.3, 0.4) is 0 Å². The summed E-state index contributed by atoms with van der Waals surface area (Å²) in [6, 6.07) is 3.62. The molecule has 0 bridgehead atoms. The van der Waals surface area contributed by atoms with Crippen LogP contribution in [-0.4, -0.2) is 47.3 Å². The number of nitrogens with zero attached hydrogens (tertiary/aromatic N) is 3. The molecule has 1 aliphatic rings. The Labute approximate surface area is 194 Å². The van der Waals surface area contributed by atoms with Crippen LogP contribution >= 0.6 is 0 Å². The smallest absolute Gasteiger partial charge is 0.272 e. The Balaban J connectivity index is 2.02. The molecule has 0 aromatic carbocycles. The second-order valence-electron chi connectivity index (χ2n) is 8.83. The largest absolute Gasteiger partial charge is 0.370 e. The van der Waals surface area contributed by atoms with E-state index in [4.69, 9.17) is 0 Å². The number of carbonyl (C=O) groups is 1. The molecule has 7 heteroatoms. The molecular formula is C26H32F2N4O. The molecule has 0 saturated heterocycles. The topological polar surface area (TPSA) is 58.1 Å². The van der Waals surface area contributed by atoms with E-state index in [-0.39, 0.29) is 18.9 Å². The third kappa shape index (κ3) is 5.64. The van der Waals surface area contributed by atoms with Crippen LogP contribution in [0.2, 0.25) is 0 Å². The van der Waals surface area contributed by atoms with Crippen LogP contribution in [0.4, 0.5) is 14.6 Å². The molecule has 1 unspecified atom stereocenters. The number of amides is 1. The number of nitrogens with one attached hydrogen (secondary N) is 1. The maximum absolute atomic E-state index is 13.2. The highest BCUT2D eigenvalue weighted by molar-refractivity contribution is 6.02. The molecule has 0 spiro atoms. The number of allylic oxidation sites excluding steroid dienone is 5. The Morgan fingerprint density at radius 2 is 2.06 bits per heavy atom. The Morgan fingerprint density at radius 3 is 2.64 bits per heavy atom. The van der Waals surface area contributed by atoms with Crippen LogP contribution < -0.4 is 5.32 Å². The first kappa shape index (κ1) is 24.6. The van der Waals surface area contributed by atoms with E-state index in [9.17, 15) is 13.6 Å². The number of carbonyl (C=O) groups excluding carboxylic acids is 1. The second-order valence-corrected chi connectivity index (χ2v) is 8.83. The second kappa shape index (κ2) is 9.81. The molecule has 2 aromatic rings. The lowest BCUT2D eigenvalue weighted by Gasteiger charge is -2.17. The molecule has 33 heavy (non-hydrogen) atoms. The van der Waals surface area contributed by atoms with Crippen LogP contribution in [-0.2, 0) is 0 Å². The predicted molar refractivity (Wildman–Crippen MR) is 131 cm³/mol. The van der Waals surface area contributed by atoms with Crippen LogP contribution in [0.25, 0.3) is 16.5 Å². The van der Waals surface area contributed by atoms with Crippen LogP contribution in [0.15, 0.2) is 48.2 Å². The van der Waals surface area contributed by atoms with E-state index in [1.165, 1.54) is 4.90 Å². The van der Waals surface area contributed by atoms with Crippen molar-refractivity contribution >= 4 is 28.2 Å². The van der Waals surface area contributed by atoms with Crippen LogP contribution in [0, 0.1) is 5.92 Å². The van der Waals surface area contributed by atoms with Crippen molar-refractivity contribution in [2.24, 2.45) is 5.92 Å². The van der Waals surface area contributed by atoms with Crippen molar-refractivity contribution < 1.29 is 13.6 Å². The normalized spacial score (nSPS) is 17.7. The van der Waals surface area contributed by atoms with E-state index in [2.05, 4.69) is 28.8 Å². The number of hydrogen-bond acceptors (Lipinski definition) is 4. The minimum absolute atomic E-state index is 0.0969. The summed E-state index contributed by atoms with van der Waals surface area (Å²) < 4.78 is 26.4. The fourth-order valence-corrected chi connectivity index (χ4v) is 3.84. The summed E-state index contributed by atoms with van der Waals surface area (Å²) >= 11 is 0. The average Bonchev–Trinajstić information content (AvgIpc) is 3.38. The van der Waals surface area contributed by atoms with Crippen LogP contribution in [0.1, 0.15) is 56.1 Å². The van der Waals surface area contributed by atoms with Gasteiger partial charge in [-0.05, 0) is 37.5 Å². The molecule has 1 atom stereocenters. The number of halogens is 2. The first-order valence-corrected chi connectivity index (χ1v) is 11.2. The van der Waals surface area contributed by atoms with Crippen molar-refractivity contribution in [2.75, 3.05) is 26.0 Å². The molecule has 2 heterocycles. The van der Waals surface area contributed by atoms with Crippen LogP contribution in [0.5, 0.6) is 0 Å². The van der Waals surface area contributed by atoms with Gasteiger partial charge in [0.1, 0.15) is 11.5 Å². The van der Waals surface area contributed by atoms with Gasteiger partial charge in [0, 0.05) is 56.2 Å². The standard InChI is InChI=1S/C26H32F2N4O/c1-7-9-16(3)10-17(4)20(8-2)21-11-18-14-29-23(30-15-19-13-26(19,27)28)12-22(18)31-24(21)25(33)32(5)6/h8,10-12,14,19H,3,7,9,13,15H2,1-2,4-6H3,(H,29,30)/b17-10-,20-8+. The lowest BCUT2D eigenvalue weighted by molar-refractivity contribution is 0.0822. The first-order chi connectivity index (χ1) is 15.6. The Hall–Kier alpha value is -3.09. The summed E-state index contributed by atoms with van der Waals surface area (Å²) in [5.41, 5.74) is 4.58. The highest BCUT2D eigenvalue weighted by Gasteiger charge is 2.56. The molecule has 176 valence electrons. The fraction of sp³-hybridized carbons (Fsp3) is 0.423. The van der Waals surface area contributed by atoms with Gasteiger partial charge in [-0.25, -0.2) is 18.7 Å². The maximum atomic E-state index is 13.2. The van der Waals surface area contributed by atoms with Crippen molar-refractivity contribution in [1.29, 1.82) is 0 Å². The van der Waals surface area contributed by atoms with E-state index in [1.54, 1.807) is 26.4 Å². The first-order valence-electron chi connectivity index (χ1n) is 11.2. The average molecular weight is 455 g/mol. The van der Waals surface area contributed by atoms with Crippen molar-refractivity contribution in [3.05, 3.63) is 59.5 Å². The van der Waals surface area contributed by atoms with Gasteiger partial charge in [0.05, 0.1) is 5.52 Å². The fourth-order valence-electron chi connectivity index (χ4n) is 3.84. The molecular weight excluding hydrogens is 422 g/mol. The molecule has 1 fully saturated rings. The molecule has 1 aliphatic carbocycles. The molecule has 1 saturated carbocycles. The van der Waals surface area contributed by atoms with E-state index >= 15 is 0 Å². The quantitative estimate of drug-likeness (QED) is 0.465. The SMILES string of the molecule is C=C(/C=C(C)\C(=C/C)c1cc2cnc(NCC3CC3(F)F)cc2nc1C(=O)N(C)C)CCC. The number of aromatic nitrogens is 2. The Bertz CT molecular complexity index is 1130. The van der Waals surface area contributed by atoms with E-state index in [0.29, 0.717) is 17.0 Å². The van der Waals surface area contributed by atoms with Gasteiger partial charge in [-0.3, -0.25) is 4.79 Å². The van der Waals surface area contributed by atoms with Gasteiger partial charge < -0.3 is 10.2 Å². The van der Waals surface area contributed by atoms with Gasteiger partial charge in [-0.2, -0.15) is 0 Å². The number of rotatable bonds is 9. The van der Waals surface area contributed by atoms with Gasteiger partial charge in [-0.15, -0.1) is 0 Å². The van der Waals surface area contributed by atoms with Crippen molar-refractivity contribution in [3.8, 4) is 0 Å². The van der Waals surface area contributed by atoms with E-state index < -0.39 is 11.8 Å². The third-order valence-electron chi connectivity index (χ3n) is 5.79. The number of alkyl halides is 2. The highest BCUT2D eigenvalue weighted by atomic mass is 19.3. The lowest BCUT2D eigenvalue weighted by Crippen LogP contribution is -2.24. The predicted octanol–water partition coefficient (Wildman–Crippen LogP) is 6.10. The number of pyridine rings is 2. The van der Waals surface area contributed by atoms with Gasteiger partial charge in [0.15, 0.2) is 0 Å². The maximum Gasteiger partial charge on any atom is 0.272 e. The lowest BCUT2D eigenvalue weighted by atomic mass is 9.94. The van der Waals surface area contributed by atoms with E-state index in [0.717, 1.165) is 40.5 Å². The summed E-state index contributed by atoms with van der Waals surface area (Å²) in [7, 11) is 3.38. The number of hydrogen-bond donors (Lipinski definition) is 1. The summed E-state index contributed by atoms with van der Waals surface area (Å²) in [5.74, 6) is -2.99. The van der Waals surface area contributed by atoms with E-state index in [1.807, 2.05) is 32.1 Å². The monoisotopic (exact) mass is 454 g/mol. The molecule has 5 nitrogen and oxygen atoms in total. The van der Waals surface area contributed by atoms with Crippen molar-refractivity contribution in [1.82, 2.24) is 14.9 Å². The van der Waals surface area contributed by atoms with Gasteiger partial charge in [0.2, 0.25) is 0 Å².